The maximum absolute atomic E-state index is 11.1. The third-order valence-corrected chi connectivity index (χ3v) is 3.26. The fourth-order valence-corrected chi connectivity index (χ4v) is 2.15. The van der Waals surface area contributed by atoms with Gasteiger partial charge in [0.05, 0.1) is 0 Å². The van der Waals surface area contributed by atoms with E-state index in [1.54, 1.807) is 6.07 Å². The van der Waals surface area contributed by atoms with Crippen LogP contribution in [0.25, 0.3) is 0 Å². The Bertz CT molecular complexity index is 620. The van der Waals surface area contributed by atoms with Crippen LogP contribution in [0.5, 0.6) is 5.75 Å². The molecule has 0 radical (unpaired) electrons. The number of rotatable bonds is 4. The summed E-state index contributed by atoms with van der Waals surface area (Å²) in [6, 6.07) is 15.3. The molecule has 18 heavy (non-hydrogen) atoms. The SMILES string of the molecule is O=S(=O)(O)c1ccccc1OCc1ccccc1. The molecule has 0 aliphatic carbocycles. The molecular weight excluding hydrogens is 252 g/mol. The summed E-state index contributed by atoms with van der Waals surface area (Å²) < 4.78 is 36.8. The van der Waals surface area contributed by atoms with Gasteiger partial charge in [-0.25, -0.2) is 0 Å². The summed E-state index contributed by atoms with van der Waals surface area (Å²) in [5.74, 6) is 0.142. The molecule has 0 aliphatic rings. The molecule has 0 saturated heterocycles. The number of para-hydroxylation sites is 1. The second-order valence-corrected chi connectivity index (χ2v) is 5.09. The topological polar surface area (TPSA) is 63.6 Å². The van der Waals surface area contributed by atoms with Gasteiger partial charge in [0.1, 0.15) is 17.3 Å². The minimum absolute atomic E-state index is 0.142. The summed E-state index contributed by atoms with van der Waals surface area (Å²) in [7, 11) is -4.26. The molecule has 0 saturated carbocycles. The van der Waals surface area contributed by atoms with Crippen LogP contribution in [-0.2, 0) is 16.7 Å². The van der Waals surface area contributed by atoms with Gasteiger partial charge in [-0.2, -0.15) is 8.42 Å². The summed E-state index contributed by atoms with van der Waals surface area (Å²) in [5.41, 5.74) is 0.919. The van der Waals surface area contributed by atoms with Crippen molar-refractivity contribution in [3.8, 4) is 5.75 Å². The molecule has 5 heteroatoms. The van der Waals surface area contributed by atoms with Gasteiger partial charge < -0.3 is 4.74 Å². The molecular formula is C13H12O4S. The van der Waals surface area contributed by atoms with Crippen molar-refractivity contribution in [2.24, 2.45) is 0 Å². The molecule has 2 rings (SSSR count). The zero-order chi connectivity index (χ0) is 13.0. The molecule has 2 aromatic carbocycles. The molecule has 94 valence electrons. The summed E-state index contributed by atoms with van der Waals surface area (Å²) in [6.45, 7) is 0.243. The fourth-order valence-electron chi connectivity index (χ4n) is 1.52. The predicted molar refractivity (Wildman–Crippen MR) is 67.0 cm³/mol. The van der Waals surface area contributed by atoms with Crippen LogP contribution in [0.1, 0.15) is 5.56 Å². The van der Waals surface area contributed by atoms with Crippen molar-refractivity contribution >= 4 is 10.1 Å². The molecule has 0 atom stereocenters. The molecule has 0 heterocycles. The fraction of sp³-hybridized carbons (Fsp3) is 0.0769. The Hall–Kier alpha value is -1.85. The predicted octanol–water partition coefficient (Wildman–Crippen LogP) is 2.51. The van der Waals surface area contributed by atoms with E-state index >= 15 is 0 Å². The van der Waals surface area contributed by atoms with Crippen LogP contribution >= 0.6 is 0 Å². The van der Waals surface area contributed by atoms with E-state index in [4.69, 9.17) is 9.29 Å². The second-order valence-electron chi connectivity index (χ2n) is 3.70. The highest BCUT2D eigenvalue weighted by atomic mass is 32.2. The van der Waals surface area contributed by atoms with Gasteiger partial charge >= 0.3 is 0 Å². The lowest BCUT2D eigenvalue weighted by molar-refractivity contribution is 0.296. The van der Waals surface area contributed by atoms with Crippen molar-refractivity contribution in [3.63, 3.8) is 0 Å². The summed E-state index contributed by atoms with van der Waals surface area (Å²) in [6.07, 6.45) is 0. The smallest absolute Gasteiger partial charge is 0.298 e. The van der Waals surface area contributed by atoms with Gasteiger partial charge in [0.2, 0.25) is 0 Å². The molecule has 0 fully saturated rings. The number of benzene rings is 2. The van der Waals surface area contributed by atoms with E-state index in [2.05, 4.69) is 0 Å². The van der Waals surface area contributed by atoms with E-state index in [-0.39, 0.29) is 17.3 Å². The van der Waals surface area contributed by atoms with Crippen molar-refractivity contribution in [2.45, 2.75) is 11.5 Å². The maximum atomic E-state index is 11.1. The quantitative estimate of drug-likeness (QED) is 0.862. The standard InChI is InChI=1S/C13H12O4S/c14-18(15,16)13-9-5-4-8-12(13)17-10-11-6-2-1-3-7-11/h1-9H,10H2,(H,14,15,16). The Morgan fingerprint density at radius 2 is 1.56 bits per heavy atom. The van der Waals surface area contributed by atoms with E-state index in [1.165, 1.54) is 18.2 Å². The molecule has 0 amide bonds. The van der Waals surface area contributed by atoms with Gasteiger partial charge in [0, 0.05) is 0 Å². The lowest BCUT2D eigenvalue weighted by Crippen LogP contribution is -2.03. The number of ether oxygens (including phenoxy) is 1. The number of hydrogen-bond acceptors (Lipinski definition) is 3. The number of hydrogen-bond donors (Lipinski definition) is 1. The molecule has 0 aromatic heterocycles. The molecule has 1 N–H and O–H groups in total. The molecule has 2 aromatic rings. The molecule has 0 bridgehead atoms. The first-order valence-electron chi connectivity index (χ1n) is 5.30. The van der Waals surface area contributed by atoms with Crippen LogP contribution in [0.15, 0.2) is 59.5 Å². The van der Waals surface area contributed by atoms with Crippen LogP contribution in [0.3, 0.4) is 0 Å². The highest BCUT2D eigenvalue weighted by molar-refractivity contribution is 7.86. The Morgan fingerprint density at radius 1 is 0.944 bits per heavy atom. The van der Waals surface area contributed by atoms with Crippen molar-refractivity contribution in [2.75, 3.05) is 0 Å². The zero-order valence-electron chi connectivity index (χ0n) is 9.48. The monoisotopic (exact) mass is 264 g/mol. The van der Waals surface area contributed by atoms with Gasteiger partial charge in [-0.15, -0.1) is 0 Å². The summed E-state index contributed by atoms with van der Waals surface area (Å²) in [5, 5.41) is 0. The summed E-state index contributed by atoms with van der Waals surface area (Å²) in [4.78, 5) is -0.221. The van der Waals surface area contributed by atoms with Crippen LogP contribution in [0.2, 0.25) is 0 Å². The highest BCUT2D eigenvalue weighted by Crippen LogP contribution is 2.23. The molecule has 0 aliphatic heterocycles. The van der Waals surface area contributed by atoms with Gasteiger partial charge in [-0.1, -0.05) is 42.5 Å². The molecule has 0 spiro atoms. The van der Waals surface area contributed by atoms with E-state index in [1.807, 2.05) is 30.3 Å². The van der Waals surface area contributed by atoms with Gasteiger partial charge in [0.15, 0.2) is 0 Å². The van der Waals surface area contributed by atoms with Crippen molar-refractivity contribution in [1.29, 1.82) is 0 Å². The van der Waals surface area contributed by atoms with Crippen molar-refractivity contribution in [1.82, 2.24) is 0 Å². The van der Waals surface area contributed by atoms with Crippen LogP contribution in [0, 0.1) is 0 Å². The third kappa shape index (κ3) is 3.09. The van der Waals surface area contributed by atoms with Crippen LogP contribution < -0.4 is 4.74 Å². The Labute approximate surface area is 106 Å². The minimum atomic E-state index is -4.26. The van der Waals surface area contributed by atoms with Gasteiger partial charge in [-0.3, -0.25) is 4.55 Å². The van der Waals surface area contributed by atoms with Gasteiger partial charge in [0.25, 0.3) is 10.1 Å². The van der Waals surface area contributed by atoms with Gasteiger partial charge in [-0.05, 0) is 17.7 Å². The van der Waals surface area contributed by atoms with Crippen molar-refractivity contribution < 1.29 is 17.7 Å². The third-order valence-electron chi connectivity index (χ3n) is 2.36. The van der Waals surface area contributed by atoms with E-state index in [9.17, 15) is 8.42 Å². The Morgan fingerprint density at radius 3 is 2.22 bits per heavy atom. The molecule has 0 unspecified atom stereocenters. The Kier molecular flexibility index (Phi) is 3.64. The molecule has 4 nitrogen and oxygen atoms in total. The van der Waals surface area contributed by atoms with E-state index in [0.29, 0.717) is 0 Å². The highest BCUT2D eigenvalue weighted by Gasteiger charge is 2.15. The maximum Gasteiger partial charge on any atom is 0.298 e. The first kappa shape index (κ1) is 12.6. The minimum Gasteiger partial charge on any atom is -0.487 e. The Balaban J connectivity index is 2.20. The van der Waals surface area contributed by atoms with Crippen LogP contribution in [0.4, 0.5) is 0 Å². The first-order chi connectivity index (χ1) is 8.57. The second kappa shape index (κ2) is 5.20. The normalized spacial score (nSPS) is 11.2. The lowest BCUT2D eigenvalue weighted by Gasteiger charge is -2.09. The largest absolute Gasteiger partial charge is 0.487 e. The van der Waals surface area contributed by atoms with Crippen molar-refractivity contribution in [3.05, 3.63) is 60.2 Å². The zero-order valence-corrected chi connectivity index (χ0v) is 10.3. The van der Waals surface area contributed by atoms with E-state index < -0.39 is 10.1 Å². The summed E-state index contributed by atoms with van der Waals surface area (Å²) >= 11 is 0. The lowest BCUT2D eigenvalue weighted by atomic mass is 10.2. The average Bonchev–Trinajstić information content (AvgIpc) is 2.37. The van der Waals surface area contributed by atoms with Crippen LogP contribution in [-0.4, -0.2) is 13.0 Å². The average molecular weight is 264 g/mol. The first-order valence-corrected chi connectivity index (χ1v) is 6.74. The van der Waals surface area contributed by atoms with E-state index in [0.717, 1.165) is 5.56 Å².